The quantitative estimate of drug-likeness (QED) is 0.318. The number of hydrogen-bond donors (Lipinski definition) is 3. The Kier molecular flexibility index (Phi) is 7.35. The van der Waals surface area contributed by atoms with Gasteiger partial charge in [0.1, 0.15) is 12.0 Å². The number of aryl methyl sites for hydroxylation is 1. The van der Waals surface area contributed by atoms with Gasteiger partial charge in [-0.25, -0.2) is 0 Å². The Morgan fingerprint density at radius 3 is 2.67 bits per heavy atom. The molecule has 0 saturated carbocycles. The predicted octanol–water partition coefficient (Wildman–Crippen LogP) is 5.68. The molecule has 6 nitrogen and oxygen atoms in total. The van der Waals surface area contributed by atoms with Gasteiger partial charge in [-0.15, -0.1) is 0 Å². The first-order valence-electron chi connectivity index (χ1n) is 12.6. The van der Waals surface area contributed by atoms with Crippen LogP contribution in [0.15, 0.2) is 72.9 Å². The number of aromatic amines is 1. The molecular weight excluding hydrogens is 450 g/mol. The number of fused-ring (bicyclic) bond motifs is 2. The number of benzene rings is 3. The fourth-order valence-electron chi connectivity index (χ4n) is 4.87. The van der Waals surface area contributed by atoms with Crippen molar-refractivity contribution in [3.63, 3.8) is 0 Å². The van der Waals surface area contributed by atoms with E-state index in [0.29, 0.717) is 13.0 Å². The minimum atomic E-state index is -0.425. The molecule has 0 aliphatic carbocycles. The molecule has 2 aliphatic rings. The SMILES string of the molecule is CNc1cccc(-c2ccc3c(c2)COC2(CCNCC2)O3)c1.O=CCCc1c[nH]c2ccccc12. The summed E-state index contributed by atoms with van der Waals surface area (Å²) in [5.74, 6) is 0.540. The van der Waals surface area contributed by atoms with Crippen LogP contribution in [-0.4, -0.2) is 37.2 Å². The molecule has 3 heterocycles. The molecule has 1 aromatic heterocycles. The highest BCUT2D eigenvalue weighted by atomic mass is 16.7. The van der Waals surface area contributed by atoms with Crippen molar-refractivity contribution < 1.29 is 14.3 Å². The zero-order valence-electron chi connectivity index (χ0n) is 20.7. The number of H-pyrrole nitrogens is 1. The van der Waals surface area contributed by atoms with Gasteiger partial charge in [0.2, 0.25) is 5.79 Å². The third-order valence-corrected chi connectivity index (χ3v) is 6.90. The van der Waals surface area contributed by atoms with E-state index in [9.17, 15) is 4.79 Å². The summed E-state index contributed by atoms with van der Waals surface area (Å²) in [7, 11) is 1.94. The summed E-state index contributed by atoms with van der Waals surface area (Å²) in [5, 5.41) is 7.76. The fourth-order valence-corrected chi connectivity index (χ4v) is 4.87. The molecule has 186 valence electrons. The van der Waals surface area contributed by atoms with Crippen LogP contribution >= 0.6 is 0 Å². The summed E-state index contributed by atoms with van der Waals surface area (Å²) in [4.78, 5) is 13.4. The van der Waals surface area contributed by atoms with Crippen LogP contribution in [0.5, 0.6) is 5.75 Å². The second-order valence-electron chi connectivity index (χ2n) is 9.27. The van der Waals surface area contributed by atoms with Gasteiger partial charge in [0.15, 0.2) is 0 Å². The molecule has 0 amide bonds. The first kappa shape index (κ1) is 24.1. The van der Waals surface area contributed by atoms with Crippen LogP contribution in [0.2, 0.25) is 0 Å². The molecule has 3 aromatic carbocycles. The second kappa shape index (κ2) is 11.0. The molecule has 6 heteroatoms. The topological polar surface area (TPSA) is 75.4 Å². The number of carbonyl (C=O) groups is 1. The summed E-state index contributed by atoms with van der Waals surface area (Å²) < 4.78 is 12.3. The van der Waals surface area contributed by atoms with Crippen LogP contribution in [-0.2, 0) is 22.6 Å². The molecule has 0 unspecified atom stereocenters. The maximum atomic E-state index is 10.2. The van der Waals surface area contributed by atoms with E-state index in [1.54, 1.807) is 0 Å². The van der Waals surface area contributed by atoms with Gasteiger partial charge >= 0.3 is 0 Å². The maximum Gasteiger partial charge on any atom is 0.213 e. The number of para-hydroxylation sites is 1. The Hall–Kier alpha value is -3.61. The highest BCUT2D eigenvalue weighted by Gasteiger charge is 2.38. The fraction of sp³-hybridized carbons (Fsp3) is 0.300. The van der Waals surface area contributed by atoms with Crippen molar-refractivity contribution in [3.05, 3.63) is 84.1 Å². The number of rotatable bonds is 5. The van der Waals surface area contributed by atoms with Gasteiger partial charge < -0.3 is 29.9 Å². The standard InChI is InChI=1S/C19H22N2O2.C11H11NO/c1-20-17-4-2-3-14(12-17)15-5-6-18-16(11-15)13-22-19(23-18)7-9-21-10-8-19;13-7-3-4-9-8-12-11-6-2-1-5-10(9)11/h2-6,11-12,20-21H,7-10,13H2,1H3;1-2,5-8,12H,3-4H2. The van der Waals surface area contributed by atoms with Gasteiger partial charge in [0.05, 0.1) is 6.61 Å². The van der Waals surface area contributed by atoms with E-state index in [0.717, 1.165) is 61.2 Å². The van der Waals surface area contributed by atoms with Crippen LogP contribution in [0.3, 0.4) is 0 Å². The minimum Gasteiger partial charge on any atom is -0.462 e. The first-order chi connectivity index (χ1) is 17.7. The normalized spacial score (nSPS) is 15.9. The summed E-state index contributed by atoms with van der Waals surface area (Å²) >= 11 is 0. The van der Waals surface area contributed by atoms with Crippen LogP contribution in [0.25, 0.3) is 22.0 Å². The first-order valence-corrected chi connectivity index (χ1v) is 12.6. The van der Waals surface area contributed by atoms with Crippen molar-refractivity contribution in [1.29, 1.82) is 0 Å². The summed E-state index contributed by atoms with van der Waals surface area (Å²) in [6, 6.07) is 22.9. The van der Waals surface area contributed by atoms with E-state index in [2.05, 4.69) is 64.1 Å². The number of aromatic nitrogens is 1. The third kappa shape index (κ3) is 5.30. The van der Waals surface area contributed by atoms with Crippen LogP contribution in [0.4, 0.5) is 5.69 Å². The lowest BCUT2D eigenvalue weighted by Crippen LogP contribution is -2.49. The summed E-state index contributed by atoms with van der Waals surface area (Å²) in [6.45, 7) is 2.52. The van der Waals surface area contributed by atoms with Crippen LogP contribution in [0, 0.1) is 0 Å². The lowest BCUT2D eigenvalue weighted by Gasteiger charge is -2.41. The van der Waals surface area contributed by atoms with Crippen molar-refractivity contribution in [1.82, 2.24) is 10.3 Å². The van der Waals surface area contributed by atoms with E-state index < -0.39 is 5.79 Å². The van der Waals surface area contributed by atoms with Crippen LogP contribution in [0.1, 0.15) is 30.4 Å². The van der Waals surface area contributed by atoms with Crippen molar-refractivity contribution in [2.24, 2.45) is 0 Å². The van der Waals surface area contributed by atoms with E-state index >= 15 is 0 Å². The number of hydrogen-bond acceptors (Lipinski definition) is 5. The Morgan fingerprint density at radius 1 is 1.00 bits per heavy atom. The van der Waals surface area contributed by atoms with Crippen molar-refractivity contribution in [2.75, 3.05) is 25.5 Å². The third-order valence-electron chi connectivity index (χ3n) is 6.90. The summed E-state index contributed by atoms with van der Waals surface area (Å²) in [6.07, 6.45) is 6.17. The number of nitrogens with one attached hydrogen (secondary N) is 3. The number of aldehydes is 1. The molecule has 2 aliphatic heterocycles. The van der Waals surface area contributed by atoms with Gasteiger partial charge in [-0.2, -0.15) is 0 Å². The Morgan fingerprint density at radius 2 is 1.83 bits per heavy atom. The molecule has 1 saturated heterocycles. The molecule has 0 radical (unpaired) electrons. The highest BCUT2D eigenvalue weighted by Crippen LogP contribution is 2.38. The van der Waals surface area contributed by atoms with E-state index in [4.69, 9.17) is 9.47 Å². The number of ether oxygens (including phenoxy) is 2. The van der Waals surface area contributed by atoms with E-state index in [-0.39, 0.29) is 0 Å². The van der Waals surface area contributed by atoms with Gasteiger partial charge in [-0.3, -0.25) is 0 Å². The molecule has 4 aromatic rings. The zero-order valence-corrected chi connectivity index (χ0v) is 20.7. The molecule has 36 heavy (non-hydrogen) atoms. The molecule has 0 bridgehead atoms. The lowest BCUT2D eigenvalue weighted by atomic mass is 9.99. The molecule has 1 spiro atoms. The number of anilines is 1. The Balaban J connectivity index is 0.000000174. The predicted molar refractivity (Wildman–Crippen MR) is 144 cm³/mol. The minimum absolute atomic E-state index is 0.425. The van der Waals surface area contributed by atoms with Crippen molar-refractivity contribution in [2.45, 2.75) is 38.1 Å². The van der Waals surface area contributed by atoms with Crippen LogP contribution < -0.4 is 15.4 Å². The smallest absolute Gasteiger partial charge is 0.213 e. The molecule has 6 rings (SSSR count). The number of carbonyl (C=O) groups excluding carboxylic acids is 1. The second-order valence-corrected chi connectivity index (χ2v) is 9.27. The zero-order chi connectivity index (χ0) is 24.8. The summed E-state index contributed by atoms with van der Waals surface area (Å²) in [5.41, 5.74) is 6.99. The van der Waals surface area contributed by atoms with Crippen molar-refractivity contribution in [3.8, 4) is 16.9 Å². The average molecular weight is 484 g/mol. The van der Waals surface area contributed by atoms with Gasteiger partial charge in [0, 0.05) is 67.8 Å². The Bertz CT molecular complexity index is 1320. The lowest BCUT2D eigenvalue weighted by molar-refractivity contribution is -0.218. The molecule has 3 N–H and O–H groups in total. The van der Waals surface area contributed by atoms with E-state index in [1.165, 1.54) is 22.1 Å². The van der Waals surface area contributed by atoms with Gasteiger partial charge in [-0.05, 0) is 53.4 Å². The molecular formula is C30H33N3O3. The van der Waals surface area contributed by atoms with E-state index in [1.807, 2.05) is 31.4 Å². The van der Waals surface area contributed by atoms with Gasteiger partial charge in [0.25, 0.3) is 0 Å². The van der Waals surface area contributed by atoms with Gasteiger partial charge in [-0.1, -0.05) is 36.4 Å². The number of piperidine rings is 1. The molecule has 0 atom stereocenters. The average Bonchev–Trinajstić information content (AvgIpc) is 3.35. The molecule has 1 fully saturated rings. The monoisotopic (exact) mass is 483 g/mol. The Labute approximate surface area is 212 Å². The maximum absolute atomic E-state index is 10.2. The van der Waals surface area contributed by atoms with Crippen molar-refractivity contribution >= 4 is 22.9 Å². The largest absolute Gasteiger partial charge is 0.462 e. The highest BCUT2D eigenvalue weighted by molar-refractivity contribution is 5.83.